The fourth-order valence-corrected chi connectivity index (χ4v) is 3.26. The quantitative estimate of drug-likeness (QED) is 0.907. The van der Waals surface area contributed by atoms with Crippen LogP contribution in [-0.4, -0.2) is 47.7 Å². The number of rotatable bonds is 4. The first kappa shape index (κ1) is 16.2. The Bertz CT molecular complexity index is 698. The van der Waals surface area contributed by atoms with Gasteiger partial charge in [0, 0.05) is 32.4 Å². The van der Waals surface area contributed by atoms with E-state index in [1.807, 2.05) is 18.2 Å². The topological polar surface area (TPSA) is 64.0 Å². The molecule has 0 bridgehead atoms. The van der Waals surface area contributed by atoms with Crippen molar-refractivity contribution in [1.29, 1.82) is 0 Å². The summed E-state index contributed by atoms with van der Waals surface area (Å²) in [6.07, 6.45) is 1.01. The number of nitrogens with zero attached hydrogens (tertiary/aromatic N) is 2. The Balaban J connectivity index is 1.63. The summed E-state index contributed by atoms with van der Waals surface area (Å²) in [6, 6.07) is 14.6. The number of phenolic OH excluding ortho intramolecular Hbond substituents is 2. The average Bonchev–Trinajstić information content (AvgIpc) is 3.04. The van der Waals surface area contributed by atoms with E-state index in [1.165, 1.54) is 23.9 Å². The third-order valence-corrected chi connectivity index (χ3v) is 4.52. The largest absolute Gasteiger partial charge is 0.507 e. The maximum absolute atomic E-state index is 12.5. The van der Waals surface area contributed by atoms with Crippen molar-refractivity contribution in [2.24, 2.45) is 5.92 Å². The van der Waals surface area contributed by atoms with E-state index in [-0.39, 0.29) is 23.0 Å². The molecule has 1 aliphatic heterocycles. The summed E-state index contributed by atoms with van der Waals surface area (Å²) in [4.78, 5) is 16.4. The van der Waals surface area contributed by atoms with E-state index in [1.54, 1.807) is 11.9 Å². The van der Waals surface area contributed by atoms with E-state index in [9.17, 15) is 15.0 Å². The molecule has 1 heterocycles. The van der Waals surface area contributed by atoms with Crippen LogP contribution in [0.25, 0.3) is 0 Å². The Morgan fingerprint density at radius 2 is 1.79 bits per heavy atom. The highest BCUT2D eigenvalue weighted by Gasteiger charge is 2.27. The number of hydrogen-bond acceptors (Lipinski definition) is 4. The van der Waals surface area contributed by atoms with Crippen molar-refractivity contribution in [3.8, 4) is 11.5 Å². The van der Waals surface area contributed by atoms with Gasteiger partial charge in [0.1, 0.15) is 17.1 Å². The van der Waals surface area contributed by atoms with Crippen LogP contribution in [-0.2, 0) is 0 Å². The zero-order valence-electron chi connectivity index (χ0n) is 13.7. The first-order chi connectivity index (χ1) is 11.6. The number of carbonyl (C=O) groups is 1. The Morgan fingerprint density at radius 1 is 1.12 bits per heavy atom. The minimum absolute atomic E-state index is 0.0297. The van der Waals surface area contributed by atoms with Gasteiger partial charge in [-0.05, 0) is 36.6 Å². The van der Waals surface area contributed by atoms with Gasteiger partial charge in [-0.25, -0.2) is 0 Å². The Morgan fingerprint density at radius 3 is 2.46 bits per heavy atom. The van der Waals surface area contributed by atoms with Crippen LogP contribution in [0.4, 0.5) is 5.69 Å². The molecular formula is C19H22N2O3. The molecule has 2 aromatic rings. The summed E-state index contributed by atoms with van der Waals surface area (Å²) in [6.45, 7) is 2.46. The van der Waals surface area contributed by atoms with Gasteiger partial charge in [0.15, 0.2) is 0 Å². The molecule has 1 unspecified atom stereocenters. The molecule has 1 fully saturated rings. The van der Waals surface area contributed by atoms with Crippen molar-refractivity contribution < 1.29 is 15.0 Å². The number of hydrogen-bond donors (Lipinski definition) is 2. The Kier molecular flexibility index (Phi) is 4.60. The number of phenols is 2. The molecule has 1 atom stereocenters. The van der Waals surface area contributed by atoms with Crippen LogP contribution in [0.15, 0.2) is 48.5 Å². The first-order valence-electron chi connectivity index (χ1n) is 8.12. The first-order valence-corrected chi connectivity index (χ1v) is 8.12. The molecule has 0 radical (unpaired) electrons. The van der Waals surface area contributed by atoms with Crippen LogP contribution in [0.1, 0.15) is 16.8 Å². The van der Waals surface area contributed by atoms with E-state index in [2.05, 4.69) is 17.0 Å². The van der Waals surface area contributed by atoms with E-state index in [0.29, 0.717) is 12.5 Å². The second-order valence-electron chi connectivity index (χ2n) is 6.29. The molecular weight excluding hydrogens is 304 g/mol. The highest BCUT2D eigenvalue weighted by Crippen LogP contribution is 2.29. The SMILES string of the molecule is CN(CC1CCN(c2ccccc2)C1)C(=O)c1c(O)cccc1O. The highest BCUT2D eigenvalue weighted by molar-refractivity contribution is 5.99. The average molecular weight is 326 g/mol. The smallest absolute Gasteiger partial charge is 0.261 e. The molecule has 2 N–H and O–H groups in total. The number of anilines is 1. The maximum atomic E-state index is 12.5. The lowest BCUT2D eigenvalue weighted by atomic mass is 10.1. The van der Waals surface area contributed by atoms with E-state index < -0.39 is 0 Å². The lowest BCUT2D eigenvalue weighted by molar-refractivity contribution is 0.0770. The molecule has 24 heavy (non-hydrogen) atoms. The normalized spacial score (nSPS) is 17.0. The Labute approximate surface area is 141 Å². The lowest BCUT2D eigenvalue weighted by Gasteiger charge is -2.23. The van der Waals surface area contributed by atoms with Gasteiger partial charge in [0.25, 0.3) is 5.91 Å². The van der Waals surface area contributed by atoms with Gasteiger partial charge in [-0.3, -0.25) is 4.79 Å². The number of aromatic hydroxyl groups is 2. The molecule has 5 nitrogen and oxygen atoms in total. The fraction of sp³-hybridized carbons (Fsp3) is 0.316. The zero-order chi connectivity index (χ0) is 17.1. The van der Waals surface area contributed by atoms with Gasteiger partial charge in [-0.2, -0.15) is 0 Å². The number of benzene rings is 2. The van der Waals surface area contributed by atoms with Gasteiger partial charge in [-0.15, -0.1) is 0 Å². The monoisotopic (exact) mass is 326 g/mol. The van der Waals surface area contributed by atoms with Crippen LogP contribution in [0.2, 0.25) is 0 Å². The highest BCUT2D eigenvalue weighted by atomic mass is 16.3. The second-order valence-corrected chi connectivity index (χ2v) is 6.29. The molecule has 1 saturated heterocycles. The summed E-state index contributed by atoms with van der Waals surface area (Å²) in [5, 5.41) is 19.7. The van der Waals surface area contributed by atoms with Crippen molar-refractivity contribution in [3.05, 3.63) is 54.1 Å². The van der Waals surface area contributed by atoms with Crippen LogP contribution in [0.3, 0.4) is 0 Å². The maximum Gasteiger partial charge on any atom is 0.261 e. The fourth-order valence-electron chi connectivity index (χ4n) is 3.26. The molecule has 0 saturated carbocycles. The summed E-state index contributed by atoms with van der Waals surface area (Å²) < 4.78 is 0. The van der Waals surface area contributed by atoms with Gasteiger partial charge in [-0.1, -0.05) is 24.3 Å². The summed E-state index contributed by atoms with van der Waals surface area (Å²) in [7, 11) is 1.71. The summed E-state index contributed by atoms with van der Waals surface area (Å²) in [5.41, 5.74) is 1.17. The number of carbonyl (C=O) groups excluding carboxylic acids is 1. The van der Waals surface area contributed by atoms with Crippen LogP contribution < -0.4 is 4.90 Å². The van der Waals surface area contributed by atoms with E-state index in [4.69, 9.17) is 0 Å². The van der Waals surface area contributed by atoms with Crippen molar-refractivity contribution in [3.63, 3.8) is 0 Å². The molecule has 2 aromatic carbocycles. The molecule has 126 valence electrons. The van der Waals surface area contributed by atoms with Gasteiger partial charge < -0.3 is 20.0 Å². The van der Waals surface area contributed by atoms with Crippen LogP contribution >= 0.6 is 0 Å². The second kappa shape index (κ2) is 6.83. The van der Waals surface area contributed by atoms with E-state index in [0.717, 1.165) is 19.5 Å². The summed E-state index contributed by atoms with van der Waals surface area (Å²) in [5.74, 6) is -0.371. The molecule has 1 amide bonds. The van der Waals surface area contributed by atoms with Crippen molar-refractivity contribution >= 4 is 11.6 Å². The molecule has 0 aromatic heterocycles. The third kappa shape index (κ3) is 3.30. The van der Waals surface area contributed by atoms with Gasteiger partial charge >= 0.3 is 0 Å². The van der Waals surface area contributed by atoms with E-state index >= 15 is 0 Å². The number of para-hydroxylation sites is 1. The minimum atomic E-state index is -0.358. The molecule has 5 heteroatoms. The lowest BCUT2D eigenvalue weighted by Crippen LogP contribution is -2.33. The number of amides is 1. The van der Waals surface area contributed by atoms with Crippen LogP contribution in [0.5, 0.6) is 11.5 Å². The predicted octanol–water partition coefficient (Wildman–Crippen LogP) is 2.70. The van der Waals surface area contributed by atoms with Crippen LogP contribution in [0, 0.1) is 5.92 Å². The van der Waals surface area contributed by atoms with Crippen molar-refractivity contribution in [1.82, 2.24) is 4.90 Å². The van der Waals surface area contributed by atoms with Gasteiger partial charge in [0.05, 0.1) is 0 Å². The molecule has 3 rings (SSSR count). The molecule has 1 aliphatic rings. The Hall–Kier alpha value is -2.69. The summed E-state index contributed by atoms with van der Waals surface area (Å²) >= 11 is 0. The zero-order valence-corrected chi connectivity index (χ0v) is 13.7. The van der Waals surface area contributed by atoms with Crippen molar-refractivity contribution in [2.75, 3.05) is 31.6 Å². The van der Waals surface area contributed by atoms with Gasteiger partial charge in [0.2, 0.25) is 0 Å². The standard InChI is InChI=1S/C19H22N2O3/c1-20(19(24)18-16(22)8-5-9-17(18)23)12-14-10-11-21(13-14)15-6-3-2-4-7-15/h2-9,14,22-23H,10-13H2,1H3. The minimum Gasteiger partial charge on any atom is -0.507 e. The molecule has 0 spiro atoms. The molecule has 0 aliphatic carbocycles. The predicted molar refractivity (Wildman–Crippen MR) is 93.5 cm³/mol. The van der Waals surface area contributed by atoms with Crippen molar-refractivity contribution in [2.45, 2.75) is 6.42 Å². The third-order valence-electron chi connectivity index (χ3n) is 4.52.